The summed E-state index contributed by atoms with van der Waals surface area (Å²) >= 11 is 3.45. The Kier molecular flexibility index (Phi) is 3.10. The van der Waals surface area contributed by atoms with Crippen molar-refractivity contribution in [3.05, 3.63) is 40.9 Å². The van der Waals surface area contributed by atoms with Crippen LogP contribution in [0, 0.1) is 0 Å². The zero-order valence-corrected chi connectivity index (χ0v) is 10.4. The molecular formula is C12H11BrN2O. The molecule has 2 rings (SSSR count). The molecule has 0 aliphatic heterocycles. The van der Waals surface area contributed by atoms with E-state index >= 15 is 0 Å². The van der Waals surface area contributed by atoms with Crippen molar-refractivity contribution in [2.24, 2.45) is 0 Å². The van der Waals surface area contributed by atoms with Crippen LogP contribution in [0.3, 0.4) is 0 Å². The van der Waals surface area contributed by atoms with Crippen LogP contribution in [0.5, 0.6) is 5.75 Å². The number of benzene rings is 1. The normalized spacial score (nSPS) is 10.1. The molecule has 0 saturated heterocycles. The van der Waals surface area contributed by atoms with Crippen molar-refractivity contribution in [1.82, 2.24) is 4.98 Å². The van der Waals surface area contributed by atoms with Crippen LogP contribution >= 0.6 is 15.9 Å². The van der Waals surface area contributed by atoms with Gasteiger partial charge in [-0.25, -0.2) is 4.98 Å². The molecule has 16 heavy (non-hydrogen) atoms. The largest absolute Gasteiger partial charge is 0.497 e. The van der Waals surface area contributed by atoms with Gasteiger partial charge in [0.25, 0.3) is 0 Å². The Hall–Kier alpha value is -1.55. The summed E-state index contributed by atoms with van der Waals surface area (Å²) in [6, 6.07) is 11.3. The molecule has 0 spiro atoms. The van der Waals surface area contributed by atoms with Crippen LogP contribution in [-0.4, -0.2) is 12.1 Å². The van der Waals surface area contributed by atoms with Crippen molar-refractivity contribution >= 4 is 21.7 Å². The third-order valence-corrected chi connectivity index (χ3v) is 2.87. The Morgan fingerprint density at radius 1 is 1.12 bits per heavy atom. The molecular weight excluding hydrogens is 268 g/mol. The average Bonchev–Trinajstić information content (AvgIpc) is 2.32. The molecule has 4 heteroatoms. The molecule has 0 atom stereocenters. The summed E-state index contributed by atoms with van der Waals surface area (Å²) < 4.78 is 6.03. The summed E-state index contributed by atoms with van der Waals surface area (Å²) in [5.74, 6) is 1.33. The predicted octanol–water partition coefficient (Wildman–Crippen LogP) is 3.10. The molecule has 0 fully saturated rings. The van der Waals surface area contributed by atoms with Crippen LogP contribution in [0.2, 0.25) is 0 Å². The first-order valence-corrected chi connectivity index (χ1v) is 5.56. The van der Waals surface area contributed by atoms with Crippen molar-refractivity contribution in [1.29, 1.82) is 0 Å². The van der Waals surface area contributed by atoms with Crippen LogP contribution in [0.4, 0.5) is 5.82 Å². The minimum atomic E-state index is 0.508. The zero-order chi connectivity index (χ0) is 11.5. The maximum atomic E-state index is 5.66. The number of methoxy groups -OCH3 is 1. The Morgan fingerprint density at radius 3 is 2.44 bits per heavy atom. The van der Waals surface area contributed by atoms with E-state index in [1.54, 1.807) is 13.2 Å². The van der Waals surface area contributed by atoms with E-state index in [-0.39, 0.29) is 0 Å². The molecule has 1 heterocycles. The van der Waals surface area contributed by atoms with Crippen LogP contribution in [0.1, 0.15) is 0 Å². The number of nitrogens with two attached hydrogens (primary N) is 1. The van der Waals surface area contributed by atoms with E-state index in [4.69, 9.17) is 10.5 Å². The first-order chi connectivity index (χ1) is 7.70. The fourth-order valence-electron chi connectivity index (χ4n) is 1.41. The highest BCUT2D eigenvalue weighted by Gasteiger charge is 2.05. The van der Waals surface area contributed by atoms with Gasteiger partial charge in [0, 0.05) is 10.0 Å². The first-order valence-electron chi connectivity index (χ1n) is 4.77. The lowest BCUT2D eigenvalue weighted by molar-refractivity contribution is 0.415. The summed E-state index contributed by atoms with van der Waals surface area (Å²) in [5, 5.41) is 0. The van der Waals surface area contributed by atoms with E-state index in [9.17, 15) is 0 Å². The molecule has 0 aliphatic rings. The highest BCUT2D eigenvalue weighted by Crippen LogP contribution is 2.28. The number of aromatic nitrogens is 1. The third-order valence-electron chi connectivity index (χ3n) is 2.23. The fraction of sp³-hybridized carbons (Fsp3) is 0.0833. The summed E-state index contributed by atoms with van der Waals surface area (Å²) in [6.07, 6.45) is 0. The lowest BCUT2D eigenvalue weighted by Crippen LogP contribution is -1.93. The topological polar surface area (TPSA) is 48.1 Å². The van der Waals surface area contributed by atoms with E-state index in [1.165, 1.54) is 0 Å². The van der Waals surface area contributed by atoms with Gasteiger partial charge in [-0.15, -0.1) is 0 Å². The van der Waals surface area contributed by atoms with Crippen molar-refractivity contribution in [3.8, 4) is 17.0 Å². The molecule has 2 aromatic rings. The van der Waals surface area contributed by atoms with Crippen molar-refractivity contribution in [2.45, 2.75) is 0 Å². The summed E-state index contributed by atoms with van der Waals surface area (Å²) in [7, 11) is 1.64. The van der Waals surface area contributed by atoms with Gasteiger partial charge in [0.1, 0.15) is 11.6 Å². The zero-order valence-electron chi connectivity index (χ0n) is 8.77. The smallest absolute Gasteiger partial charge is 0.124 e. The van der Waals surface area contributed by atoms with E-state index in [1.807, 2.05) is 30.3 Å². The van der Waals surface area contributed by atoms with E-state index in [0.29, 0.717) is 5.82 Å². The monoisotopic (exact) mass is 278 g/mol. The van der Waals surface area contributed by atoms with Gasteiger partial charge < -0.3 is 10.5 Å². The van der Waals surface area contributed by atoms with Crippen LogP contribution < -0.4 is 10.5 Å². The number of halogens is 1. The molecule has 0 amide bonds. The number of ether oxygens (including phenoxy) is 1. The molecule has 0 unspecified atom stereocenters. The standard InChI is InChI=1S/C12H11BrN2O/c1-16-9-4-2-8(3-5-9)12-10(13)6-7-11(14)15-12/h2-7H,1H3,(H2,14,15). The van der Waals surface area contributed by atoms with Gasteiger partial charge in [-0.2, -0.15) is 0 Å². The van der Waals surface area contributed by atoms with Crippen LogP contribution in [-0.2, 0) is 0 Å². The second-order valence-electron chi connectivity index (χ2n) is 3.30. The van der Waals surface area contributed by atoms with E-state index in [0.717, 1.165) is 21.5 Å². The summed E-state index contributed by atoms with van der Waals surface area (Å²) in [5.41, 5.74) is 7.50. The fourth-order valence-corrected chi connectivity index (χ4v) is 1.86. The summed E-state index contributed by atoms with van der Waals surface area (Å²) in [4.78, 5) is 4.29. The van der Waals surface area contributed by atoms with Crippen molar-refractivity contribution in [3.63, 3.8) is 0 Å². The van der Waals surface area contributed by atoms with Gasteiger partial charge >= 0.3 is 0 Å². The van der Waals surface area contributed by atoms with Crippen LogP contribution in [0.25, 0.3) is 11.3 Å². The lowest BCUT2D eigenvalue weighted by Gasteiger charge is -2.06. The Bertz CT molecular complexity index is 497. The minimum absolute atomic E-state index is 0.508. The molecule has 3 nitrogen and oxygen atoms in total. The van der Waals surface area contributed by atoms with E-state index in [2.05, 4.69) is 20.9 Å². The second-order valence-corrected chi connectivity index (χ2v) is 4.15. The third kappa shape index (κ3) is 2.17. The molecule has 0 bridgehead atoms. The molecule has 1 aromatic carbocycles. The van der Waals surface area contributed by atoms with E-state index < -0.39 is 0 Å². The SMILES string of the molecule is COc1ccc(-c2nc(N)ccc2Br)cc1. The van der Waals surface area contributed by atoms with Crippen molar-refractivity contribution < 1.29 is 4.74 Å². The Labute approximate surface area is 102 Å². The number of nitrogens with zero attached hydrogens (tertiary/aromatic N) is 1. The second kappa shape index (κ2) is 4.53. The summed E-state index contributed by atoms with van der Waals surface area (Å²) in [6.45, 7) is 0. The molecule has 0 saturated carbocycles. The maximum absolute atomic E-state index is 5.66. The van der Waals surface area contributed by atoms with Gasteiger partial charge in [-0.05, 0) is 52.3 Å². The maximum Gasteiger partial charge on any atom is 0.124 e. The Morgan fingerprint density at radius 2 is 1.81 bits per heavy atom. The van der Waals surface area contributed by atoms with Gasteiger partial charge in [-0.3, -0.25) is 0 Å². The molecule has 2 N–H and O–H groups in total. The van der Waals surface area contributed by atoms with Gasteiger partial charge in [-0.1, -0.05) is 0 Å². The number of hydrogen-bond donors (Lipinski definition) is 1. The van der Waals surface area contributed by atoms with Gasteiger partial charge in [0.05, 0.1) is 12.8 Å². The van der Waals surface area contributed by atoms with Gasteiger partial charge in [0.15, 0.2) is 0 Å². The number of rotatable bonds is 2. The minimum Gasteiger partial charge on any atom is -0.497 e. The van der Waals surface area contributed by atoms with Gasteiger partial charge in [0.2, 0.25) is 0 Å². The van der Waals surface area contributed by atoms with Crippen molar-refractivity contribution in [2.75, 3.05) is 12.8 Å². The highest BCUT2D eigenvalue weighted by atomic mass is 79.9. The molecule has 0 radical (unpaired) electrons. The average molecular weight is 279 g/mol. The molecule has 82 valence electrons. The predicted molar refractivity (Wildman–Crippen MR) is 68.3 cm³/mol. The highest BCUT2D eigenvalue weighted by molar-refractivity contribution is 9.10. The first kappa shape index (κ1) is 11.0. The number of nitrogen functional groups attached to an aromatic ring is 1. The molecule has 0 aliphatic carbocycles. The lowest BCUT2D eigenvalue weighted by atomic mass is 10.1. The van der Waals surface area contributed by atoms with Crippen LogP contribution in [0.15, 0.2) is 40.9 Å². The molecule has 1 aromatic heterocycles. The number of anilines is 1. The quantitative estimate of drug-likeness (QED) is 0.918. The number of hydrogen-bond acceptors (Lipinski definition) is 3. The Balaban J connectivity index is 2.45. The number of pyridine rings is 1.